The number of halogens is 1. The molecule has 1 aliphatic heterocycles. The Labute approximate surface area is 138 Å². The Bertz CT molecular complexity index is 704. The van der Waals surface area contributed by atoms with Gasteiger partial charge in [-0.3, -0.25) is 4.79 Å². The number of aliphatic hydroxyl groups excluding tert-OH is 1. The van der Waals surface area contributed by atoms with Gasteiger partial charge in [0.2, 0.25) is 5.89 Å². The average Bonchev–Trinajstić information content (AvgIpc) is 3.20. The lowest BCUT2D eigenvalue weighted by atomic mass is 9.97. The smallest absolute Gasteiger partial charge is 0.260 e. The summed E-state index contributed by atoms with van der Waals surface area (Å²) in [4.78, 5) is 18.1. The lowest BCUT2D eigenvalue weighted by Crippen LogP contribution is -2.33. The van der Waals surface area contributed by atoms with Gasteiger partial charge in [0.15, 0.2) is 12.4 Å². The lowest BCUT2D eigenvalue weighted by molar-refractivity contribution is -0.132. The number of aromatic nitrogens is 2. The molecule has 0 radical (unpaired) electrons. The van der Waals surface area contributed by atoms with Gasteiger partial charge in [0.05, 0.1) is 5.92 Å². The third-order valence-electron chi connectivity index (χ3n) is 4.06. The second-order valence-electron chi connectivity index (χ2n) is 5.77. The first-order valence-corrected chi connectivity index (χ1v) is 7.64. The molecule has 128 valence electrons. The highest BCUT2D eigenvalue weighted by molar-refractivity contribution is 5.78. The zero-order chi connectivity index (χ0) is 17.1. The quantitative estimate of drug-likeness (QED) is 0.881. The summed E-state index contributed by atoms with van der Waals surface area (Å²) >= 11 is 0. The molecular weight excluding hydrogens is 317 g/mol. The van der Waals surface area contributed by atoms with Gasteiger partial charge in [0.25, 0.3) is 5.91 Å². The second kappa shape index (κ2) is 6.96. The number of rotatable bonds is 5. The standard InChI is InChI=1S/C16H18FN3O4/c1-10-18-16(24-19-10)14-7-20(6-11(14)8-21)15(22)9-23-13-4-2-12(17)3-5-13/h2-5,11,14,21H,6-9H2,1H3/t11-,14+/m0/s1. The molecule has 0 saturated carbocycles. The van der Waals surface area contributed by atoms with Crippen LogP contribution in [0.1, 0.15) is 17.6 Å². The molecule has 24 heavy (non-hydrogen) atoms. The fourth-order valence-electron chi connectivity index (χ4n) is 2.77. The molecule has 0 aliphatic carbocycles. The van der Waals surface area contributed by atoms with Crippen LogP contribution in [0.15, 0.2) is 28.8 Å². The van der Waals surface area contributed by atoms with Crippen LogP contribution in [0.4, 0.5) is 4.39 Å². The van der Waals surface area contributed by atoms with Crippen molar-refractivity contribution >= 4 is 5.91 Å². The fourth-order valence-corrected chi connectivity index (χ4v) is 2.77. The van der Waals surface area contributed by atoms with Crippen LogP contribution >= 0.6 is 0 Å². The zero-order valence-corrected chi connectivity index (χ0v) is 13.2. The van der Waals surface area contributed by atoms with Crippen molar-refractivity contribution in [3.8, 4) is 5.75 Å². The minimum atomic E-state index is -0.364. The molecule has 8 heteroatoms. The van der Waals surface area contributed by atoms with Gasteiger partial charge in [-0.1, -0.05) is 5.16 Å². The zero-order valence-electron chi connectivity index (χ0n) is 13.2. The average molecular weight is 335 g/mol. The molecule has 1 N–H and O–H groups in total. The number of hydrogen-bond donors (Lipinski definition) is 1. The molecule has 0 bridgehead atoms. The molecule has 0 spiro atoms. The van der Waals surface area contributed by atoms with Crippen LogP contribution in [0, 0.1) is 18.7 Å². The van der Waals surface area contributed by atoms with Crippen molar-refractivity contribution in [1.29, 1.82) is 0 Å². The van der Waals surface area contributed by atoms with Gasteiger partial charge in [0.1, 0.15) is 11.6 Å². The second-order valence-corrected chi connectivity index (χ2v) is 5.77. The number of nitrogens with zero attached hydrogens (tertiary/aromatic N) is 3. The fraction of sp³-hybridized carbons (Fsp3) is 0.438. The van der Waals surface area contributed by atoms with Crippen LogP contribution in [-0.4, -0.2) is 52.4 Å². The van der Waals surface area contributed by atoms with Crippen molar-refractivity contribution in [3.63, 3.8) is 0 Å². The summed E-state index contributed by atoms with van der Waals surface area (Å²) in [6.45, 7) is 2.27. The molecule has 2 aromatic rings. The maximum atomic E-state index is 12.8. The Hall–Kier alpha value is -2.48. The predicted octanol–water partition coefficient (Wildman–Crippen LogP) is 1.13. The topological polar surface area (TPSA) is 88.7 Å². The van der Waals surface area contributed by atoms with E-state index in [9.17, 15) is 14.3 Å². The van der Waals surface area contributed by atoms with Gasteiger partial charge in [-0.15, -0.1) is 0 Å². The number of ether oxygens (including phenoxy) is 1. The van der Waals surface area contributed by atoms with E-state index in [-0.39, 0.29) is 36.8 Å². The van der Waals surface area contributed by atoms with Crippen LogP contribution in [0.25, 0.3) is 0 Å². The Morgan fingerprint density at radius 1 is 1.42 bits per heavy atom. The number of carbonyl (C=O) groups is 1. The number of hydrogen-bond acceptors (Lipinski definition) is 6. The van der Waals surface area contributed by atoms with E-state index in [1.165, 1.54) is 24.3 Å². The Balaban J connectivity index is 1.60. The number of aliphatic hydroxyl groups is 1. The van der Waals surface area contributed by atoms with E-state index in [0.717, 1.165) is 0 Å². The van der Waals surface area contributed by atoms with Gasteiger partial charge in [-0.05, 0) is 31.2 Å². The van der Waals surface area contributed by atoms with Gasteiger partial charge in [0, 0.05) is 25.6 Å². The van der Waals surface area contributed by atoms with E-state index in [0.29, 0.717) is 30.6 Å². The third kappa shape index (κ3) is 3.53. The van der Waals surface area contributed by atoms with Crippen molar-refractivity contribution < 1.29 is 23.6 Å². The first-order valence-electron chi connectivity index (χ1n) is 7.64. The molecule has 1 aromatic carbocycles. The van der Waals surface area contributed by atoms with E-state index in [1.807, 2.05) is 0 Å². The molecule has 1 amide bonds. The molecule has 0 unspecified atom stereocenters. The summed E-state index contributed by atoms with van der Waals surface area (Å²) in [5.74, 6) is 0.456. The van der Waals surface area contributed by atoms with E-state index in [2.05, 4.69) is 10.1 Å². The van der Waals surface area contributed by atoms with E-state index in [4.69, 9.17) is 9.26 Å². The normalized spacial score (nSPS) is 20.4. The molecule has 1 aliphatic rings. The van der Waals surface area contributed by atoms with E-state index >= 15 is 0 Å². The Morgan fingerprint density at radius 3 is 2.79 bits per heavy atom. The highest BCUT2D eigenvalue weighted by Gasteiger charge is 2.39. The summed E-state index contributed by atoms with van der Waals surface area (Å²) in [6, 6.07) is 5.47. The first-order chi connectivity index (χ1) is 11.6. The summed E-state index contributed by atoms with van der Waals surface area (Å²) in [5, 5.41) is 13.3. The molecule has 1 saturated heterocycles. The van der Waals surface area contributed by atoms with Crippen molar-refractivity contribution in [2.45, 2.75) is 12.8 Å². The minimum Gasteiger partial charge on any atom is -0.484 e. The van der Waals surface area contributed by atoms with Crippen molar-refractivity contribution in [1.82, 2.24) is 15.0 Å². The summed E-state index contributed by atoms with van der Waals surface area (Å²) in [5.41, 5.74) is 0. The number of benzene rings is 1. The van der Waals surface area contributed by atoms with Gasteiger partial charge < -0.3 is 19.3 Å². The number of carbonyl (C=O) groups excluding carboxylic acids is 1. The van der Waals surface area contributed by atoms with Crippen molar-refractivity contribution in [3.05, 3.63) is 41.8 Å². The van der Waals surface area contributed by atoms with Crippen LogP contribution in [0.2, 0.25) is 0 Å². The molecule has 3 rings (SSSR count). The summed E-state index contributed by atoms with van der Waals surface area (Å²) in [6.07, 6.45) is 0. The van der Waals surface area contributed by atoms with Crippen LogP contribution < -0.4 is 4.74 Å². The van der Waals surface area contributed by atoms with E-state index < -0.39 is 0 Å². The van der Waals surface area contributed by atoms with Gasteiger partial charge >= 0.3 is 0 Å². The molecule has 7 nitrogen and oxygen atoms in total. The Kier molecular flexibility index (Phi) is 4.75. The SMILES string of the molecule is Cc1noc([C@@H]2CN(C(=O)COc3ccc(F)cc3)C[C@H]2CO)n1. The molecule has 1 aromatic heterocycles. The lowest BCUT2D eigenvalue weighted by Gasteiger charge is -2.16. The first kappa shape index (κ1) is 16.4. The van der Waals surface area contributed by atoms with Gasteiger partial charge in [-0.25, -0.2) is 4.39 Å². The van der Waals surface area contributed by atoms with E-state index in [1.54, 1.807) is 11.8 Å². The highest BCUT2D eigenvalue weighted by atomic mass is 19.1. The number of likely N-dealkylation sites (tertiary alicyclic amines) is 1. The highest BCUT2D eigenvalue weighted by Crippen LogP contribution is 2.31. The van der Waals surface area contributed by atoms with Crippen LogP contribution in [0.3, 0.4) is 0 Å². The summed E-state index contributed by atoms with van der Waals surface area (Å²) in [7, 11) is 0. The van der Waals surface area contributed by atoms with Crippen molar-refractivity contribution in [2.75, 3.05) is 26.3 Å². The Morgan fingerprint density at radius 2 is 2.17 bits per heavy atom. The number of aryl methyl sites for hydroxylation is 1. The third-order valence-corrected chi connectivity index (χ3v) is 4.06. The van der Waals surface area contributed by atoms with Crippen LogP contribution in [0.5, 0.6) is 5.75 Å². The molecule has 1 fully saturated rings. The van der Waals surface area contributed by atoms with Gasteiger partial charge in [-0.2, -0.15) is 4.98 Å². The number of amides is 1. The maximum Gasteiger partial charge on any atom is 0.260 e. The summed E-state index contributed by atoms with van der Waals surface area (Å²) < 4.78 is 23.4. The molecular formula is C16H18FN3O4. The predicted molar refractivity (Wildman–Crippen MR) is 80.8 cm³/mol. The van der Waals surface area contributed by atoms with Crippen molar-refractivity contribution in [2.24, 2.45) is 5.92 Å². The monoisotopic (exact) mass is 335 g/mol. The molecule has 2 heterocycles. The molecule has 2 atom stereocenters. The largest absolute Gasteiger partial charge is 0.484 e. The minimum absolute atomic E-state index is 0.0747. The maximum absolute atomic E-state index is 12.8. The van der Waals surface area contributed by atoms with Crippen LogP contribution in [-0.2, 0) is 4.79 Å².